The minimum atomic E-state index is -0.310. The minimum Gasteiger partial charge on any atom is -0.399 e. The Morgan fingerprint density at radius 3 is 2.44 bits per heavy atom. The summed E-state index contributed by atoms with van der Waals surface area (Å²) >= 11 is 0. The van der Waals surface area contributed by atoms with E-state index in [9.17, 15) is 9.18 Å². The van der Waals surface area contributed by atoms with Crippen molar-refractivity contribution in [1.29, 1.82) is 0 Å². The van der Waals surface area contributed by atoms with Gasteiger partial charge in [-0.15, -0.1) is 0 Å². The summed E-state index contributed by atoms with van der Waals surface area (Å²) in [6, 6.07) is 11.1. The van der Waals surface area contributed by atoms with Gasteiger partial charge in [0.2, 0.25) is 0 Å². The summed E-state index contributed by atoms with van der Waals surface area (Å²) in [6.45, 7) is 0. The van der Waals surface area contributed by atoms with Crippen molar-refractivity contribution >= 4 is 11.6 Å². The Bertz CT molecular complexity index is 579. The topological polar surface area (TPSA) is 55.1 Å². The molecule has 1 amide bonds. The Kier molecular flexibility index (Phi) is 3.28. The second-order valence-electron chi connectivity index (χ2n) is 3.89. The van der Waals surface area contributed by atoms with Gasteiger partial charge in [0.1, 0.15) is 5.82 Å². The number of hydrogen-bond acceptors (Lipinski definition) is 2. The second kappa shape index (κ2) is 4.87. The number of nitrogens with one attached hydrogen (secondary N) is 1. The van der Waals surface area contributed by atoms with Crippen molar-refractivity contribution in [2.75, 3.05) is 12.8 Å². The second-order valence-corrected chi connectivity index (χ2v) is 3.89. The molecule has 2 aromatic rings. The van der Waals surface area contributed by atoms with E-state index in [-0.39, 0.29) is 11.7 Å². The van der Waals surface area contributed by atoms with Gasteiger partial charge >= 0.3 is 0 Å². The molecule has 2 aromatic carbocycles. The Morgan fingerprint density at radius 1 is 1.17 bits per heavy atom. The number of amides is 1. The van der Waals surface area contributed by atoms with Crippen LogP contribution in [0.5, 0.6) is 0 Å². The molecule has 0 radical (unpaired) electrons. The van der Waals surface area contributed by atoms with E-state index in [1.54, 1.807) is 37.4 Å². The molecular weight excluding hydrogens is 231 g/mol. The van der Waals surface area contributed by atoms with Crippen LogP contribution >= 0.6 is 0 Å². The Labute approximate surface area is 104 Å². The maximum Gasteiger partial charge on any atom is 0.251 e. The molecule has 0 aliphatic rings. The summed E-state index contributed by atoms with van der Waals surface area (Å²) in [4.78, 5) is 11.8. The van der Waals surface area contributed by atoms with Crippen LogP contribution in [0.15, 0.2) is 42.5 Å². The highest BCUT2D eigenvalue weighted by molar-refractivity contribution is 6.01. The summed E-state index contributed by atoms with van der Waals surface area (Å²) < 4.78 is 12.9. The molecule has 0 saturated carbocycles. The van der Waals surface area contributed by atoms with E-state index >= 15 is 0 Å². The largest absolute Gasteiger partial charge is 0.399 e. The van der Waals surface area contributed by atoms with Crippen molar-refractivity contribution in [1.82, 2.24) is 5.32 Å². The monoisotopic (exact) mass is 244 g/mol. The van der Waals surface area contributed by atoms with E-state index in [1.165, 1.54) is 12.1 Å². The molecule has 0 spiro atoms. The van der Waals surface area contributed by atoms with Gasteiger partial charge < -0.3 is 11.1 Å². The van der Waals surface area contributed by atoms with Gasteiger partial charge in [0.15, 0.2) is 0 Å². The van der Waals surface area contributed by atoms with Crippen molar-refractivity contribution < 1.29 is 9.18 Å². The smallest absolute Gasteiger partial charge is 0.251 e. The highest BCUT2D eigenvalue weighted by Crippen LogP contribution is 2.25. The maximum absolute atomic E-state index is 12.9. The van der Waals surface area contributed by atoms with E-state index in [2.05, 4.69) is 5.32 Å². The average molecular weight is 244 g/mol. The van der Waals surface area contributed by atoms with Gasteiger partial charge in [-0.05, 0) is 35.4 Å². The van der Waals surface area contributed by atoms with Crippen LogP contribution in [0.1, 0.15) is 10.4 Å². The zero-order chi connectivity index (χ0) is 13.1. The quantitative estimate of drug-likeness (QED) is 0.797. The third kappa shape index (κ3) is 2.32. The summed E-state index contributed by atoms with van der Waals surface area (Å²) in [5, 5.41) is 2.56. The van der Waals surface area contributed by atoms with Gasteiger partial charge in [0, 0.05) is 18.3 Å². The number of rotatable bonds is 2. The van der Waals surface area contributed by atoms with Crippen LogP contribution in [0.2, 0.25) is 0 Å². The zero-order valence-electron chi connectivity index (χ0n) is 9.91. The van der Waals surface area contributed by atoms with Crippen LogP contribution in [0.3, 0.4) is 0 Å². The molecule has 18 heavy (non-hydrogen) atoms. The standard InChI is InChI=1S/C14H13FN2O/c1-17-14(18)13-8-11(16)6-7-12(13)9-2-4-10(15)5-3-9/h2-8H,16H2,1H3,(H,17,18). The number of nitrogen functional groups attached to an aromatic ring is 1. The fourth-order valence-corrected chi connectivity index (χ4v) is 1.77. The molecule has 0 bridgehead atoms. The van der Waals surface area contributed by atoms with Gasteiger partial charge in [0.25, 0.3) is 5.91 Å². The number of nitrogens with two attached hydrogens (primary N) is 1. The lowest BCUT2D eigenvalue weighted by molar-refractivity contribution is 0.0964. The molecule has 0 aliphatic heterocycles. The highest BCUT2D eigenvalue weighted by atomic mass is 19.1. The predicted octanol–water partition coefficient (Wildman–Crippen LogP) is 2.43. The Hall–Kier alpha value is -2.36. The Morgan fingerprint density at radius 2 is 1.83 bits per heavy atom. The lowest BCUT2D eigenvalue weighted by atomic mass is 9.98. The fraction of sp³-hybridized carbons (Fsp3) is 0.0714. The first-order valence-corrected chi connectivity index (χ1v) is 5.49. The van der Waals surface area contributed by atoms with E-state index in [4.69, 9.17) is 5.73 Å². The molecule has 0 unspecified atom stereocenters. The molecule has 92 valence electrons. The van der Waals surface area contributed by atoms with Gasteiger partial charge in [-0.2, -0.15) is 0 Å². The molecule has 0 atom stereocenters. The molecule has 0 aliphatic carbocycles. The molecule has 3 N–H and O–H groups in total. The van der Waals surface area contributed by atoms with Crippen molar-refractivity contribution in [2.24, 2.45) is 0 Å². The third-order valence-electron chi connectivity index (χ3n) is 2.67. The number of anilines is 1. The van der Waals surface area contributed by atoms with Gasteiger partial charge in [0.05, 0.1) is 0 Å². The molecular formula is C14H13FN2O. The molecule has 2 rings (SSSR count). The van der Waals surface area contributed by atoms with Crippen LogP contribution in [0, 0.1) is 5.82 Å². The predicted molar refractivity (Wildman–Crippen MR) is 69.6 cm³/mol. The Balaban J connectivity index is 2.56. The van der Waals surface area contributed by atoms with Crippen LogP contribution in [0.4, 0.5) is 10.1 Å². The number of carbonyl (C=O) groups excluding carboxylic acids is 1. The van der Waals surface area contributed by atoms with E-state index in [1.807, 2.05) is 0 Å². The summed E-state index contributed by atoms with van der Waals surface area (Å²) in [7, 11) is 1.56. The maximum atomic E-state index is 12.9. The van der Waals surface area contributed by atoms with Gasteiger partial charge in [-0.3, -0.25) is 4.79 Å². The van der Waals surface area contributed by atoms with Crippen molar-refractivity contribution in [3.63, 3.8) is 0 Å². The summed E-state index contributed by atoms with van der Waals surface area (Å²) in [5.41, 5.74) is 8.17. The van der Waals surface area contributed by atoms with Crippen molar-refractivity contribution in [2.45, 2.75) is 0 Å². The number of carbonyl (C=O) groups is 1. The normalized spacial score (nSPS) is 10.1. The molecule has 0 saturated heterocycles. The summed E-state index contributed by atoms with van der Waals surface area (Å²) in [6.07, 6.45) is 0. The third-order valence-corrected chi connectivity index (χ3v) is 2.67. The van der Waals surface area contributed by atoms with Crippen LogP contribution in [-0.4, -0.2) is 13.0 Å². The first kappa shape index (κ1) is 12.1. The zero-order valence-corrected chi connectivity index (χ0v) is 9.91. The van der Waals surface area contributed by atoms with E-state index < -0.39 is 0 Å². The van der Waals surface area contributed by atoms with Gasteiger partial charge in [-0.25, -0.2) is 4.39 Å². The molecule has 3 nitrogen and oxygen atoms in total. The van der Waals surface area contributed by atoms with Crippen molar-refractivity contribution in [3.8, 4) is 11.1 Å². The average Bonchev–Trinajstić information content (AvgIpc) is 2.39. The highest BCUT2D eigenvalue weighted by Gasteiger charge is 2.11. The van der Waals surface area contributed by atoms with Crippen LogP contribution < -0.4 is 11.1 Å². The van der Waals surface area contributed by atoms with Crippen LogP contribution in [-0.2, 0) is 0 Å². The molecule has 0 fully saturated rings. The van der Waals surface area contributed by atoms with E-state index in [0.717, 1.165) is 11.1 Å². The first-order valence-electron chi connectivity index (χ1n) is 5.49. The number of halogens is 1. The lowest BCUT2D eigenvalue weighted by Gasteiger charge is -2.09. The number of hydrogen-bond donors (Lipinski definition) is 2. The van der Waals surface area contributed by atoms with Gasteiger partial charge in [-0.1, -0.05) is 18.2 Å². The minimum absolute atomic E-state index is 0.221. The van der Waals surface area contributed by atoms with E-state index in [0.29, 0.717) is 11.3 Å². The van der Waals surface area contributed by atoms with Crippen molar-refractivity contribution in [3.05, 3.63) is 53.8 Å². The molecule has 0 heterocycles. The SMILES string of the molecule is CNC(=O)c1cc(N)ccc1-c1ccc(F)cc1. The summed E-state index contributed by atoms with van der Waals surface area (Å²) in [5.74, 6) is -0.530. The lowest BCUT2D eigenvalue weighted by Crippen LogP contribution is -2.19. The van der Waals surface area contributed by atoms with Crippen LogP contribution in [0.25, 0.3) is 11.1 Å². The molecule has 0 aromatic heterocycles. The first-order chi connectivity index (χ1) is 8.61. The number of benzene rings is 2. The molecule has 4 heteroatoms. The fourth-order valence-electron chi connectivity index (χ4n) is 1.77.